The molecule has 3 aliphatic rings. The van der Waals surface area contributed by atoms with E-state index in [1.165, 1.54) is 25.7 Å². The van der Waals surface area contributed by atoms with Crippen LogP contribution in [-0.2, 0) is 4.74 Å². The lowest BCUT2D eigenvalue weighted by Gasteiger charge is -2.18. The summed E-state index contributed by atoms with van der Waals surface area (Å²) in [4.78, 5) is 12.5. The minimum atomic E-state index is 0.0458. The van der Waals surface area contributed by atoms with E-state index in [1.807, 2.05) is 0 Å². The highest BCUT2D eigenvalue weighted by Gasteiger charge is 2.42. The number of amides is 1. The maximum absolute atomic E-state index is 12.5. The Morgan fingerprint density at radius 2 is 2.05 bits per heavy atom. The molecular weight excluding hydrogens is 254 g/mol. The molecule has 5 nitrogen and oxygen atoms in total. The molecule has 1 aromatic heterocycles. The van der Waals surface area contributed by atoms with Crippen LogP contribution in [0.3, 0.4) is 0 Å². The highest BCUT2D eigenvalue weighted by atomic mass is 16.5. The number of hydrogen-bond donors (Lipinski definition) is 2. The summed E-state index contributed by atoms with van der Waals surface area (Å²) in [7, 11) is 0. The minimum absolute atomic E-state index is 0.0458. The number of nitrogens with one attached hydrogen (secondary N) is 2. The zero-order chi connectivity index (χ0) is 13.5. The summed E-state index contributed by atoms with van der Waals surface area (Å²) in [5.41, 5.74) is 1.66. The monoisotopic (exact) mass is 275 g/mol. The predicted octanol–water partition coefficient (Wildman–Crippen LogP) is 1.83. The summed E-state index contributed by atoms with van der Waals surface area (Å²) in [6.45, 7) is 1.47. The largest absolute Gasteiger partial charge is 0.381 e. The Bertz CT molecular complexity index is 487. The van der Waals surface area contributed by atoms with Gasteiger partial charge in [0.25, 0.3) is 5.91 Å². The van der Waals surface area contributed by atoms with E-state index < -0.39 is 0 Å². The van der Waals surface area contributed by atoms with Gasteiger partial charge < -0.3 is 10.1 Å². The van der Waals surface area contributed by atoms with Crippen molar-refractivity contribution in [2.75, 3.05) is 13.2 Å². The van der Waals surface area contributed by atoms with Crippen molar-refractivity contribution in [2.45, 2.75) is 44.1 Å². The molecule has 1 aromatic rings. The van der Waals surface area contributed by atoms with Crippen LogP contribution in [0.15, 0.2) is 6.20 Å². The SMILES string of the molecule is O=C(NC(C1CC1)C1CC1)c1cn[nH]c1[C@H]1CCOC1. The molecule has 0 aromatic carbocycles. The van der Waals surface area contributed by atoms with Crippen LogP contribution in [0, 0.1) is 11.8 Å². The lowest BCUT2D eigenvalue weighted by molar-refractivity contribution is 0.0925. The number of H-pyrrole nitrogens is 1. The minimum Gasteiger partial charge on any atom is -0.381 e. The number of rotatable bonds is 5. The zero-order valence-electron chi connectivity index (χ0n) is 11.6. The Morgan fingerprint density at radius 1 is 1.30 bits per heavy atom. The average Bonchev–Trinajstić information content (AvgIpc) is 3.36. The van der Waals surface area contributed by atoms with Crippen LogP contribution in [0.2, 0.25) is 0 Å². The molecule has 0 spiro atoms. The molecule has 2 N–H and O–H groups in total. The van der Waals surface area contributed by atoms with E-state index in [2.05, 4.69) is 15.5 Å². The summed E-state index contributed by atoms with van der Waals surface area (Å²) >= 11 is 0. The molecule has 0 radical (unpaired) electrons. The molecule has 1 saturated heterocycles. The van der Waals surface area contributed by atoms with Gasteiger partial charge in [-0.05, 0) is 43.9 Å². The fraction of sp³-hybridized carbons (Fsp3) is 0.733. The Morgan fingerprint density at radius 3 is 2.65 bits per heavy atom. The first-order valence-corrected chi connectivity index (χ1v) is 7.75. The quantitative estimate of drug-likeness (QED) is 0.861. The molecule has 0 unspecified atom stereocenters. The van der Waals surface area contributed by atoms with Crippen molar-refractivity contribution in [2.24, 2.45) is 11.8 Å². The van der Waals surface area contributed by atoms with Gasteiger partial charge in [0.1, 0.15) is 0 Å². The van der Waals surface area contributed by atoms with Crippen molar-refractivity contribution < 1.29 is 9.53 Å². The molecule has 3 fully saturated rings. The average molecular weight is 275 g/mol. The van der Waals surface area contributed by atoms with Crippen LogP contribution in [-0.4, -0.2) is 35.4 Å². The third-order valence-corrected chi connectivity index (χ3v) is 4.81. The standard InChI is InChI=1S/C15H21N3O2/c19-15(17-13(9-1-2-9)10-3-4-10)12-7-16-18-14(12)11-5-6-20-8-11/h7,9-11,13H,1-6,8H2,(H,16,18)(H,17,19)/t11-/m0/s1. The molecule has 108 valence electrons. The lowest BCUT2D eigenvalue weighted by Crippen LogP contribution is -2.38. The predicted molar refractivity (Wildman–Crippen MR) is 73.5 cm³/mol. The highest BCUT2D eigenvalue weighted by molar-refractivity contribution is 5.95. The molecule has 20 heavy (non-hydrogen) atoms. The van der Waals surface area contributed by atoms with E-state index in [-0.39, 0.29) is 5.91 Å². The van der Waals surface area contributed by atoms with E-state index in [1.54, 1.807) is 6.20 Å². The van der Waals surface area contributed by atoms with Crippen LogP contribution in [0.5, 0.6) is 0 Å². The van der Waals surface area contributed by atoms with Crippen molar-refractivity contribution in [1.29, 1.82) is 0 Å². The van der Waals surface area contributed by atoms with Gasteiger partial charge in [0, 0.05) is 18.6 Å². The van der Waals surface area contributed by atoms with Crippen LogP contribution in [0.1, 0.15) is 54.1 Å². The van der Waals surface area contributed by atoms with Crippen molar-refractivity contribution in [3.8, 4) is 0 Å². The second-order valence-corrected chi connectivity index (χ2v) is 6.43. The molecule has 2 aliphatic carbocycles. The Hall–Kier alpha value is -1.36. The molecule has 0 bridgehead atoms. The van der Waals surface area contributed by atoms with E-state index in [4.69, 9.17) is 4.74 Å². The lowest BCUT2D eigenvalue weighted by atomic mass is 10.00. The topological polar surface area (TPSA) is 67.0 Å². The first kappa shape index (κ1) is 12.4. The number of hydrogen-bond acceptors (Lipinski definition) is 3. The van der Waals surface area contributed by atoms with E-state index in [0.717, 1.165) is 30.6 Å². The van der Waals surface area contributed by atoms with Gasteiger partial charge in [-0.3, -0.25) is 9.89 Å². The molecule has 2 saturated carbocycles. The first-order chi connectivity index (χ1) is 9.83. The first-order valence-electron chi connectivity index (χ1n) is 7.75. The number of aromatic amines is 1. The van der Waals surface area contributed by atoms with E-state index >= 15 is 0 Å². The fourth-order valence-electron chi connectivity index (χ4n) is 3.31. The molecule has 2 heterocycles. The molecule has 5 heteroatoms. The summed E-state index contributed by atoms with van der Waals surface area (Å²) in [5.74, 6) is 1.77. The number of aromatic nitrogens is 2. The molecule has 1 amide bonds. The van der Waals surface area contributed by atoms with Crippen molar-refractivity contribution >= 4 is 5.91 Å². The molecule has 1 atom stereocenters. The van der Waals surface area contributed by atoms with Gasteiger partial charge in [0.05, 0.1) is 24.1 Å². The second kappa shape index (κ2) is 4.88. The van der Waals surface area contributed by atoms with Gasteiger partial charge >= 0.3 is 0 Å². The normalized spacial score (nSPS) is 26.1. The summed E-state index contributed by atoms with van der Waals surface area (Å²) in [6, 6.07) is 0.394. The Labute approximate surface area is 118 Å². The fourth-order valence-corrected chi connectivity index (χ4v) is 3.31. The summed E-state index contributed by atoms with van der Waals surface area (Å²) in [5, 5.41) is 10.3. The van der Waals surface area contributed by atoms with Crippen LogP contribution in [0.25, 0.3) is 0 Å². The van der Waals surface area contributed by atoms with Crippen molar-refractivity contribution in [3.63, 3.8) is 0 Å². The van der Waals surface area contributed by atoms with Crippen LogP contribution in [0.4, 0.5) is 0 Å². The van der Waals surface area contributed by atoms with Crippen LogP contribution < -0.4 is 5.32 Å². The molecule has 1 aliphatic heterocycles. The van der Waals surface area contributed by atoms with Gasteiger partial charge in [-0.15, -0.1) is 0 Å². The second-order valence-electron chi connectivity index (χ2n) is 6.43. The summed E-state index contributed by atoms with van der Waals surface area (Å²) in [6.07, 6.45) is 7.73. The maximum Gasteiger partial charge on any atom is 0.254 e. The van der Waals surface area contributed by atoms with Crippen molar-refractivity contribution in [3.05, 3.63) is 17.5 Å². The third-order valence-electron chi connectivity index (χ3n) is 4.81. The van der Waals surface area contributed by atoms with Gasteiger partial charge in [-0.1, -0.05) is 0 Å². The third kappa shape index (κ3) is 2.35. The molecule has 4 rings (SSSR count). The zero-order valence-corrected chi connectivity index (χ0v) is 11.6. The highest BCUT2D eigenvalue weighted by Crippen LogP contribution is 2.44. The van der Waals surface area contributed by atoms with E-state index in [0.29, 0.717) is 24.1 Å². The number of carbonyl (C=O) groups is 1. The summed E-state index contributed by atoms with van der Waals surface area (Å²) < 4.78 is 5.41. The molecular formula is C15H21N3O2. The van der Waals surface area contributed by atoms with Gasteiger partial charge in [0.15, 0.2) is 0 Å². The van der Waals surface area contributed by atoms with Crippen LogP contribution >= 0.6 is 0 Å². The number of nitrogens with zero attached hydrogens (tertiary/aromatic N) is 1. The van der Waals surface area contributed by atoms with Gasteiger partial charge in [-0.2, -0.15) is 5.10 Å². The Balaban J connectivity index is 1.48. The van der Waals surface area contributed by atoms with E-state index in [9.17, 15) is 4.79 Å². The number of ether oxygens (including phenoxy) is 1. The maximum atomic E-state index is 12.5. The van der Waals surface area contributed by atoms with Gasteiger partial charge in [0.2, 0.25) is 0 Å². The van der Waals surface area contributed by atoms with Crippen molar-refractivity contribution in [1.82, 2.24) is 15.5 Å². The Kier molecular flexibility index (Phi) is 3.02. The van der Waals surface area contributed by atoms with Gasteiger partial charge in [-0.25, -0.2) is 0 Å². The smallest absolute Gasteiger partial charge is 0.254 e. The number of carbonyl (C=O) groups excluding carboxylic acids is 1.